The van der Waals surface area contributed by atoms with Crippen molar-refractivity contribution >= 4 is 29.0 Å². The molecule has 0 amide bonds. The predicted octanol–water partition coefficient (Wildman–Crippen LogP) is 3.03. The molecule has 0 N–H and O–H groups in total. The zero-order chi connectivity index (χ0) is 9.47. The van der Waals surface area contributed by atoms with Gasteiger partial charge >= 0.3 is 0 Å². The van der Waals surface area contributed by atoms with Gasteiger partial charge < -0.3 is 0 Å². The molecule has 0 atom stereocenters. The Morgan fingerprint density at radius 1 is 1.69 bits per heavy atom. The second-order valence-electron chi connectivity index (χ2n) is 3.27. The summed E-state index contributed by atoms with van der Waals surface area (Å²) >= 11 is 7.65. The Morgan fingerprint density at radius 2 is 2.38 bits per heavy atom. The van der Waals surface area contributed by atoms with Crippen LogP contribution in [0.25, 0.3) is 0 Å². The smallest absolute Gasteiger partial charge is 0.211 e. The third-order valence-electron chi connectivity index (χ3n) is 2.22. The van der Waals surface area contributed by atoms with Crippen molar-refractivity contribution in [1.29, 1.82) is 0 Å². The number of hydrogen-bond acceptors (Lipinski definition) is 3. The number of nitrogens with zero attached hydrogens (tertiary/aromatic N) is 1. The average molecular weight is 214 g/mol. The minimum atomic E-state index is -0.308. The highest BCUT2D eigenvalue weighted by Crippen LogP contribution is 2.54. The zero-order valence-electron chi connectivity index (χ0n) is 7.13. The molecule has 0 saturated heterocycles. The van der Waals surface area contributed by atoms with Crippen LogP contribution in [0.2, 0.25) is 5.02 Å². The molecule has 1 aromatic rings. The summed E-state index contributed by atoms with van der Waals surface area (Å²) in [5.74, 6) is 0. The van der Waals surface area contributed by atoms with Crippen molar-refractivity contribution in [3.05, 3.63) is 20.8 Å². The highest BCUT2D eigenvalue weighted by Gasteiger charge is 2.47. The number of carbonyl (C=O) groups excluding carboxylic acids is 1. The zero-order valence-corrected chi connectivity index (χ0v) is 8.71. The summed E-state index contributed by atoms with van der Waals surface area (Å²) in [6, 6.07) is 1.92. The highest BCUT2D eigenvalue weighted by atomic mass is 35.5. The molecule has 1 fully saturated rings. The number of rotatable bonds is 2. The van der Waals surface area contributed by atoms with Crippen LogP contribution in [0.4, 0.5) is 0 Å². The molecule has 13 heavy (non-hydrogen) atoms. The summed E-state index contributed by atoms with van der Waals surface area (Å²) in [4.78, 5) is 16.2. The number of hydrogen-bond donors (Lipinski definition) is 0. The lowest BCUT2D eigenvalue weighted by molar-refractivity contribution is 0.557. The van der Waals surface area contributed by atoms with Crippen LogP contribution >= 0.6 is 22.9 Å². The third kappa shape index (κ3) is 1.44. The SMILES string of the molecule is Cc1cc(Cl)c(C2(N=C=O)CC2)s1. The molecule has 1 heterocycles. The molecule has 0 aromatic carbocycles. The molecule has 0 aliphatic heterocycles. The van der Waals surface area contributed by atoms with E-state index in [1.54, 1.807) is 17.4 Å². The quantitative estimate of drug-likeness (QED) is 0.549. The molecule has 68 valence electrons. The van der Waals surface area contributed by atoms with Gasteiger partial charge in [-0.1, -0.05) is 11.6 Å². The summed E-state index contributed by atoms with van der Waals surface area (Å²) in [6.07, 6.45) is 3.47. The van der Waals surface area contributed by atoms with E-state index < -0.39 is 0 Å². The summed E-state index contributed by atoms with van der Waals surface area (Å²) < 4.78 is 0. The first-order chi connectivity index (χ1) is 6.18. The molecule has 1 aromatic heterocycles. The van der Waals surface area contributed by atoms with Gasteiger partial charge in [0.15, 0.2) is 0 Å². The van der Waals surface area contributed by atoms with Gasteiger partial charge in [-0.25, -0.2) is 4.79 Å². The minimum Gasteiger partial charge on any atom is -0.211 e. The molecule has 1 saturated carbocycles. The maximum absolute atomic E-state index is 10.2. The maximum Gasteiger partial charge on any atom is 0.235 e. The summed E-state index contributed by atoms with van der Waals surface area (Å²) in [7, 11) is 0. The van der Waals surface area contributed by atoms with Gasteiger partial charge in [-0.15, -0.1) is 11.3 Å². The number of isocyanates is 1. The van der Waals surface area contributed by atoms with Crippen LogP contribution in [0.5, 0.6) is 0 Å². The monoisotopic (exact) mass is 213 g/mol. The molecule has 0 spiro atoms. The van der Waals surface area contributed by atoms with Gasteiger partial charge in [0, 0.05) is 4.88 Å². The maximum atomic E-state index is 10.2. The Balaban J connectivity index is 2.45. The van der Waals surface area contributed by atoms with E-state index in [0.717, 1.165) is 27.6 Å². The van der Waals surface area contributed by atoms with Gasteiger partial charge in [-0.05, 0) is 25.8 Å². The van der Waals surface area contributed by atoms with Crippen molar-refractivity contribution in [3.63, 3.8) is 0 Å². The van der Waals surface area contributed by atoms with Gasteiger partial charge in [-0.2, -0.15) is 4.99 Å². The first-order valence-electron chi connectivity index (χ1n) is 4.03. The lowest BCUT2D eigenvalue weighted by atomic mass is 10.2. The molecular formula is C9H8ClNOS. The van der Waals surface area contributed by atoms with Crippen LogP contribution in [0, 0.1) is 6.92 Å². The normalized spacial score (nSPS) is 18.0. The lowest BCUT2D eigenvalue weighted by Gasteiger charge is -2.03. The molecule has 1 aliphatic rings. The van der Waals surface area contributed by atoms with Gasteiger partial charge in [0.25, 0.3) is 0 Å². The van der Waals surface area contributed by atoms with Crippen LogP contribution in [-0.2, 0) is 10.3 Å². The Morgan fingerprint density at radius 3 is 2.77 bits per heavy atom. The van der Waals surface area contributed by atoms with Crippen LogP contribution in [0.3, 0.4) is 0 Å². The van der Waals surface area contributed by atoms with Gasteiger partial charge in [0.1, 0.15) is 5.54 Å². The fourth-order valence-corrected chi connectivity index (χ4v) is 3.01. The molecule has 1 aliphatic carbocycles. The fraction of sp³-hybridized carbons (Fsp3) is 0.444. The summed E-state index contributed by atoms with van der Waals surface area (Å²) in [5.41, 5.74) is -0.308. The average Bonchev–Trinajstić information content (AvgIpc) is 2.74. The minimum absolute atomic E-state index is 0.308. The first-order valence-corrected chi connectivity index (χ1v) is 5.23. The molecule has 0 radical (unpaired) electrons. The number of thiophene rings is 1. The molecular weight excluding hydrogens is 206 g/mol. The Hall–Kier alpha value is -0.630. The molecule has 2 nitrogen and oxygen atoms in total. The van der Waals surface area contributed by atoms with Crippen molar-refractivity contribution in [1.82, 2.24) is 0 Å². The number of halogens is 1. The van der Waals surface area contributed by atoms with Crippen LogP contribution < -0.4 is 0 Å². The molecule has 4 heteroatoms. The van der Waals surface area contributed by atoms with Crippen molar-refractivity contribution in [3.8, 4) is 0 Å². The topological polar surface area (TPSA) is 29.4 Å². The number of aliphatic imine (C=N–C) groups is 1. The van der Waals surface area contributed by atoms with E-state index in [0.29, 0.717) is 0 Å². The highest BCUT2D eigenvalue weighted by molar-refractivity contribution is 7.12. The summed E-state index contributed by atoms with van der Waals surface area (Å²) in [5, 5.41) is 0.735. The largest absolute Gasteiger partial charge is 0.235 e. The van der Waals surface area contributed by atoms with Crippen molar-refractivity contribution < 1.29 is 4.79 Å². The van der Waals surface area contributed by atoms with Crippen LogP contribution in [0.1, 0.15) is 22.6 Å². The van der Waals surface area contributed by atoms with E-state index >= 15 is 0 Å². The van der Waals surface area contributed by atoms with Gasteiger partial charge in [-0.3, -0.25) is 0 Å². The Bertz CT molecular complexity index is 388. The van der Waals surface area contributed by atoms with E-state index in [1.165, 1.54) is 0 Å². The molecule has 2 rings (SSSR count). The van der Waals surface area contributed by atoms with E-state index in [4.69, 9.17) is 11.6 Å². The van der Waals surface area contributed by atoms with Crippen molar-refractivity contribution in [2.24, 2.45) is 4.99 Å². The standard InChI is InChI=1S/C9H8ClNOS/c1-6-4-7(10)8(13-6)9(2-3-9)11-5-12/h4H,2-3H2,1H3. The van der Waals surface area contributed by atoms with Gasteiger partial charge in [0.2, 0.25) is 6.08 Å². The van der Waals surface area contributed by atoms with E-state index in [-0.39, 0.29) is 5.54 Å². The predicted molar refractivity (Wildman–Crippen MR) is 53.1 cm³/mol. The second kappa shape index (κ2) is 2.95. The first kappa shape index (κ1) is 8.95. The van der Waals surface area contributed by atoms with Crippen molar-refractivity contribution in [2.75, 3.05) is 0 Å². The summed E-state index contributed by atoms with van der Waals surface area (Å²) in [6.45, 7) is 2.00. The lowest BCUT2D eigenvalue weighted by Crippen LogP contribution is -1.98. The fourth-order valence-electron chi connectivity index (χ4n) is 1.40. The third-order valence-corrected chi connectivity index (χ3v) is 3.87. The van der Waals surface area contributed by atoms with E-state index in [9.17, 15) is 4.79 Å². The second-order valence-corrected chi connectivity index (χ2v) is 4.93. The Kier molecular flexibility index (Phi) is 2.03. The van der Waals surface area contributed by atoms with Crippen LogP contribution in [0.15, 0.2) is 11.1 Å². The van der Waals surface area contributed by atoms with Crippen LogP contribution in [-0.4, -0.2) is 6.08 Å². The Labute approximate surface area is 85.3 Å². The van der Waals surface area contributed by atoms with Gasteiger partial charge in [0.05, 0.1) is 9.90 Å². The molecule has 0 unspecified atom stereocenters. The number of aryl methyl sites for hydroxylation is 1. The van der Waals surface area contributed by atoms with E-state index in [2.05, 4.69) is 4.99 Å². The van der Waals surface area contributed by atoms with E-state index in [1.807, 2.05) is 13.0 Å². The molecule has 0 bridgehead atoms. The van der Waals surface area contributed by atoms with Crippen molar-refractivity contribution in [2.45, 2.75) is 25.3 Å².